The number of nitrogens with zero attached hydrogens (tertiary/aromatic N) is 6. The summed E-state index contributed by atoms with van der Waals surface area (Å²) in [7, 11) is 5.45. The van der Waals surface area contributed by atoms with E-state index in [1.165, 1.54) is 0 Å². The molecule has 29 heavy (non-hydrogen) atoms. The van der Waals surface area contributed by atoms with Gasteiger partial charge in [0.15, 0.2) is 11.2 Å². The SMILES string of the molecule is CN(C)c1nc2nc(N3CCC[C@@H](N)C3)n(Cc3ccccc3Cl)c2c(=O)n1C. The van der Waals surface area contributed by atoms with Gasteiger partial charge in [0.1, 0.15) is 0 Å². The number of aromatic nitrogens is 4. The van der Waals surface area contributed by atoms with E-state index in [0.29, 0.717) is 35.2 Å². The molecule has 1 saturated heterocycles. The molecule has 0 radical (unpaired) electrons. The number of hydrogen-bond acceptors (Lipinski definition) is 6. The summed E-state index contributed by atoms with van der Waals surface area (Å²) in [6, 6.07) is 7.74. The lowest BCUT2D eigenvalue weighted by molar-refractivity contribution is 0.495. The van der Waals surface area contributed by atoms with Crippen LogP contribution in [0.4, 0.5) is 11.9 Å². The normalized spacial score (nSPS) is 17.1. The van der Waals surface area contributed by atoms with Gasteiger partial charge >= 0.3 is 0 Å². The number of fused-ring (bicyclic) bond motifs is 1. The number of nitrogens with two attached hydrogens (primary N) is 1. The van der Waals surface area contributed by atoms with E-state index < -0.39 is 0 Å². The van der Waals surface area contributed by atoms with Crippen LogP contribution in [0.1, 0.15) is 18.4 Å². The summed E-state index contributed by atoms with van der Waals surface area (Å²) in [6.45, 7) is 1.99. The van der Waals surface area contributed by atoms with Gasteiger partial charge in [-0.3, -0.25) is 13.9 Å². The lowest BCUT2D eigenvalue weighted by Crippen LogP contribution is -2.44. The second-order valence-electron chi connectivity index (χ2n) is 7.78. The Hall–Kier alpha value is -2.58. The van der Waals surface area contributed by atoms with Gasteiger partial charge in [0.25, 0.3) is 5.56 Å². The van der Waals surface area contributed by atoms with Gasteiger partial charge in [0.2, 0.25) is 11.9 Å². The number of rotatable bonds is 4. The van der Waals surface area contributed by atoms with Gasteiger partial charge in [-0.05, 0) is 24.5 Å². The van der Waals surface area contributed by atoms with Gasteiger partial charge in [-0.15, -0.1) is 0 Å². The van der Waals surface area contributed by atoms with Crippen molar-refractivity contribution >= 4 is 34.7 Å². The van der Waals surface area contributed by atoms with Crippen molar-refractivity contribution in [2.45, 2.75) is 25.4 Å². The molecule has 1 aliphatic rings. The van der Waals surface area contributed by atoms with Crippen LogP contribution in [0.25, 0.3) is 11.2 Å². The molecule has 1 fully saturated rings. The standard InChI is InChI=1S/C20H26ClN7O/c1-25(2)19-23-17-16(18(29)26(19)3)28(11-13-7-4-5-9-15(13)21)20(24-17)27-10-6-8-14(22)12-27/h4-5,7,9,14H,6,8,10-12,22H2,1-3H3/t14-/m1/s1. The highest BCUT2D eigenvalue weighted by atomic mass is 35.5. The summed E-state index contributed by atoms with van der Waals surface area (Å²) in [5.74, 6) is 1.28. The smallest absolute Gasteiger partial charge is 0.281 e. The number of hydrogen-bond donors (Lipinski definition) is 1. The molecule has 4 rings (SSSR count). The maximum absolute atomic E-state index is 13.3. The maximum Gasteiger partial charge on any atom is 0.281 e. The summed E-state index contributed by atoms with van der Waals surface area (Å²) in [4.78, 5) is 26.7. The van der Waals surface area contributed by atoms with E-state index in [0.717, 1.165) is 30.9 Å². The monoisotopic (exact) mass is 415 g/mol. The number of piperidine rings is 1. The Labute approximate surface area is 174 Å². The zero-order valence-corrected chi connectivity index (χ0v) is 17.7. The summed E-state index contributed by atoms with van der Waals surface area (Å²) >= 11 is 6.42. The quantitative estimate of drug-likeness (QED) is 0.699. The molecule has 9 heteroatoms. The molecular formula is C20H26ClN7O. The predicted molar refractivity (Wildman–Crippen MR) is 117 cm³/mol. The van der Waals surface area contributed by atoms with Crippen LogP contribution in [-0.2, 0) is 13.6 Å². The molecule has 0 amide bonds. The third kappa shape index (κ3) is 3.58. The zero-order valence-electron chi connectivity index (χ0n) is 17.0. The van der Waals surface area contributed by atoms with Crippen LogP contribution in [0.3, 0.4) is 0 Å². The molecule has 0 bridgehead atoms. The summed E-state index contributed by atoms with van der Waals surface area (Å²) in [5.41, 5.74) is 7.93. The minimum absolute atomic E-state index is 0.0884. The van der Waals surface area contributed by atoms with E-state index in [1.54, 1.807) is 11.6 Å². The largest absolute Gasteiger partial charge is 0.348 e. The first kappa shape index (κ1) is 19.7. The fourth-order valence-electron chi connectivity index (χ4n) is 3.92. The fourth-order valence-corrected chi connectivity index (χ4v) is 4.11. The Morgan fingerprint density at radius 2 is 2.03 bits per heavy atom. The van der Waals surface area contributed by atoms with Crippen molar-refractivity contribution in [3.63, 3.8) is 0 Å². The van der Waals surface area contributed by atoms with Gasteiger partial charge in [0.05, 0.1) is 6.54 Å². The van der Waals surface area contributed by atoms with Crippen molar-refractivity contribution in [1.82, 2.24) is 19.1 Å². The molecule has 2 aromatic heterocycles. The van der Waals surface area contributed by atoms with Crippen molar-refractivity contribution in [3.8, 4) is 0 Å². The van der Waals surface area contributed by atoms with Crippen molar-refractivity contribution in [2.75, 3.05) is 37.0 Å². The molecule has 0 saturated carbocycles. The molecule has 8 nitrogen and oxygen atoms in total. The Bertz CT molecular complexity index is 1100. The second kappa shape index (κ2) is 7.68. The molecule has 1 aromatic carbocycles. The summed E-state index contributed by atoms with van der Waals surface area (Å²) < 4.78 is 3.49. The van der Waals surface area contributed by atoms with Crippen LogP contribution in [0, 0.1) is 0 Å². The van der Waals surface area contributed by atoms with Crippen LogP contribution in [-0.4, -0.2) is 52.3 Å². The van der Waals surface area contributed by atoms with Gasteiger partial charge in [0, 0.05) is 45.3 Å². The van der Waals surface area contributed by atoms with Gasteiger partial charge in [-0.25, -0.2) is 0 Å². The molecule has 0 spiro atoms. The van der Waals surface area contributed by atoms with Crippen molar-refractivity contribution < 1.29 is 0 Å². The summed E-state index contributed by atoms with van der Waals surface area (Å²) in [6.07, 6.45) is 1.98. The van der Waals surface area contributed by atoms with Gasteiger partial charge in [-0.1, -0.05) is 29.8 Å². The highest BCUT2D eigenvalue weighted by molar-refractivity contribution is 6.31. The first-order chi connectivity index (χ1) is 13.9. The van der Waals surface area contributed by atoms with E-state index in [2.05, 4.69) is 9.88 Å². The Kier molecular flexibility index (Phi) is 5.23. The second-order valence-corrected chi connectivity index (χ2v) is 8.19. The Morgan fingerprint density at radius 1 is 1.28 bits per heavy atom. The van der Waals surface area contributed by atoms with Crippen LogP contribution >= 0.6 is 11.6 Å². The molecular weight excluding hydrogens is 390 g/mol. The number of imidazole rings is 1. The average Bonchev–Trinajstić information content (AvgIpc) is 3.05. The van der Waals surface area contributed by atoms with Gasteiger partial charge < -0.3 is 15.5 Å². The Morgan fingerprint density at radius 3 is 2.72 bits per heavy atom. The van der Waals surface area contributed by atoms with E-state index in [4.69, 9.17) is 22.3 Å². The van der Waals surface area contributed by atoms with Crippen molar-refractivity contribution in [3.05, 3.63) is 45.2 Å². The molecule has 0 aliphatic carbocycles. The lowest BCUT2D eigenvalue weighted by atomic mass is 10.1. The third-order valence-electron chi connectivity index (χ3n) is 5.37. The van der Waals surface area contributed by atoms with E-state index in [-0.39, 0.29) is 11.6 Å². The molecule has 0 unspecified atom stereocenters. The van der Waals surface area contributed by atoms with E-state index in [1.807, 2.05) is 47.8 Å². The predicted octanol–water partition coefficient (Wildman–Crippen LogP) is 1.83. The van der Waals surface area contributed by atoms with Crippen LogP contribution in [0.15, 0.2) is 29.1 Å². The van der Waals surface area contributed by atoms with Crippen LogP contribution in [0.5, 0.6) is 0 Å². The van der Waals surface area contributed by atoms with Crippen LogP contribution < -0.4 is 21.1 Å². The third-order valence-corrected chi connectivity index (χ3v) is 5.74. The minimum Gasteiger partial charge on any atom is -0.348 e. The zero-order chi connectivity index (χ0) is 20.7. The maximum atomic E-state index is 13.3. The molecule has 1 atom stereocenters. The van der Waals surface area contributed by atoms with Crippen molar-refractivity contribution in [2.24, 2.45) is 12.8 Å². The molecule has 3 heterocycles. The molecule has 2 N–H and O–H groups in total. The molecule has 3 aromatic rings. The summed E-state index contributed by atoms with van der Waals surface area (Å²) in [5, 5.41) is 0.658. The first-order valence-corrected chi connectivity index (χ1v) is 10.1. The first-order valence-electron chi connectivity index (χ1n) is 9.75. The number of anilines is 2. The van der Waals surface area contributed by atoms with E-state index >= 15 is 0 Å². The highest BCUT2D eigenvalue weighted by Gasteiger charge is 2.26. The molecule has 154 valence electrons. The van der Waals surface area contributed by atoms with Crippen LogP contribution in [0.2, 0.25) is 5.02 Å². The highest BCUT2D eigenvalue weighted by Crippen LogP contribution is 2.26. The van der Waals surface area contributed by atoms with E-state index in [9.17, 15) is 4.79 Å². The minimum atomic E-state index is -0.134. The average molecular weight is 416 g/mol. The Balaban J connectivity index is 1.94. The molecule has 1 aliphatic heterocycles. The van der Waals surface area contributed by atoms with Gasteiger partial charge in [-0.2, -0.15) is 9.97 Å². The topological polar surface area (TPSA) is 85.2 Å². The number of halogens is 1. The fraction of sp³-hybridized carbons (Fsp3) is 0.450. The van der Waals surface area contributed by atoms with Crippen molar-refractivity contribution in [1.29, 1.82) is 0 Å². The number of benzene rings is 1. The lowest BCUT2D eigenvalue weighted by Gasteiger charge is -2.32.